The first-order chi connectivity index (χ1) is 9.69. The number of hydrogen-bond donors (Lipinski definition) is 0. The van der Waals surface area contributed by atoms with Gasteiger partial charge in [-0.15, -0.1) is 11.6 Å². The Bertz CT molecular complexity index is 640. The summed E-state index contributed by atoms with van der Waals surface area (Å²) in [4.78, 5) is 0. The Morgan fingerprint density at radius 2 is 1.90 bits per heavy atom. The number of alkyl halides is 1. The zero-order valence-electron chi connectivity index (χ0n) is 11.0. The van der Waals surface area contributed by atoms with Gasteiger partial charge in [-0.2, -0.15) is 0 Å². The second kappa shape index (κ2) is 5.55. The van der Waals surface area contributed by atoms with Crippen LogP contribution in [0.1, 0.15) is 22.1 Å². The molecule has 2 aromatic rings. The van der Waals surface area contributed by atoms with Crippen molar-refractivity contribution in [2.24, 2.45) is 0 Å². The Morgan fingerprint density at radius 1 is 1.15 bits per heavy atom. The molecule has 4 heteroatoms. The minimum absolute atomic E-state index is 0.232. The topological polar surface area (TPSA) is 18.5 Å². The van der Waals surface area contributed by atoms with Gasteiger partial charge in [-0.1, -0.05) is 29.8 Å². The fraction of sp³-hybridized carbons (Fsp3) is 0.250. The summed E-state index contributed by atoms with van der Waals surface area (Å²) in [5, 5.41) is 0.337. The molecule has 20 heavy (non-hydrogen) atoms. The van der Waals surface area contributed by atoms with E-state index in [-0.39, 0.29) is 5.38 Å². The van der Waals surface area contributed by atoms with Crippen molar-refractivity contribution in [2.75, 3.05) is 13.7 Å². The van der Waals surface area contributed by atoms with Crippen LogP contribution in [-0.2, 0) is 6.42 Å². The third-order valence-electron chi connectivity index (χ3n) is 3.47. The Kier molecular flexibility index (Phi) is 3.77. The third kappa shape index (κ3) is 2.46. The molecule has 104 valence electrons. The van der Waals surface area contributed by atoms with Gasteiger partial charge < -0.3 is 9.47 Å². The summed E-state index contributed by atoms with van der Waals surface area (Å²) in [5.41, 5.74) is 3.22. The predicted octanol–water partition coefficient (Wildman–Crippen LogP) is 4.61. The van der Waals surface area contributed by atoms with E-state index in [1.165, 1.54) is 5.56 Å². The monoisotopic (exact) mass is 308 g/mol. The molecule has 0 spiro atoms. The number of methoxy groups -OCH3 is 1. The molecular formula is C16H14Cl2O2. The highest BCUT2D eigenvalue weighted by Crippen LogP contribution is 2.36. The molecule has 0 N–H and O–H groups in total. The second-order valence-corrected chi connectivity index (χ2v) is 5.57. The molecule has 1 aliphatic heterocycles. The first-order valence-corrected chi connectivity index (χ1v) is 7.23. The maximum absolute atomic E-state index is 6.56. The van der Waals surface area contributed by atoms with Crippen LogP contribution in [0.15, 0.2) is 36.4 Å². The van der Waals surface area contributed by atoms with Crippen molar-refractivity contribution >= 4 is 23.2 Å². The maximum Gasteiger partial charge on any atom is 0.137 e. The lowest BCUT2D eigenvalue weighted by molar-refractivity contribution is 0.357. The van der Waals surface area contributed by atoms with Crippen molar-refractivity contribution in [1.82, 2.24) is 0 Å². The number of hydrogen-bond acceptors (Lipinski definition) is 2. The zero-order valence-corrected chi connectivity index (χ0v) is 12.5. The van der Waals surface area contributed by atoms with Gasteiger partial charge >= 0.3 is 0 Å². The molecule has 0 amide bonds. The number of ether oxygens (including phenoxy) is 2. The number of halogens is 2. The van der Waals surface area contributed by atoms with E-state index in [4.69, 9.17) is 32.7 Å². The van der Waals surface area contributed by atoms with Crippen LogP contribution in [0, 0.1) is 0 Å². The molecule has 1 atom stereocenters. The van der Waals surface area contributed by atoms with Crippen molar-refractivity contribution in [3.63, 3.8) is 0 Å². The van der Waals surface area contributed by atoms with Gasteiger partial charge in [-0.05, 0) is 34.9 Å². The van der Waals surface area contributed by atoms with Crippen LogP contribution in [0.2, 0.25) is 5.02 Å². The van der Waals surface area contributed by atoms with Gasteiger partial charge in [0.15, 0.2) is 0 Å². The molecule has 0 saturated carbocycles. The van der Waals surface area contributed by atoms with Crippen LogP contribution in [-0.4, -0.2) is 13.7 Å². The van der Waals surface area contributed by atoms with Crippen LogP contribution in [0.5, 0.6) is 11.5 Å². The quantitative estimate of drug-likeness (QED) is 0.771. The minimum atomic E-state index is -0.232. The van der Waals surface area contributed by atoms with E-state index >= 15 is 0 Å². The molecular weight excluding hydrogens is 295 g/mol. The molecule has 2 nitrogen and oxygen atoms in total. The second-order valence-electron chi connectivity index (χ2n) is 4.72. The molecule has 0 aliphatic carbocycles. The van der Waals surface area contributed by atoms with E-state index in [1.807, 2.05) is 30.3 Å². The lowest BCUT2D eigenvalue weighted by Crippen LogP contribution is -1.95. The summed E-state index contributed by atoms with van der Waals surface area (Å²) < 4.78 is 10.7. The highest BCUT2D eigenvalue weighted by molar-refractivity contribution is 6.32. The van der Waals surface area contributed by atoms with Crippen LogP contribution in [0.4, 0.5) is 0 Å². The largest absolute Gasteiger partial charge is 0.495 e. The molecule has 2 aromatic carbocycles. The average molecular weight is 309 g/mol. The maximum atomic E-state index is 6.56. The fourth-order valence-electron chi connectivity index (χ4n) is 2.40. The average Bonchev–Trinajstić information content (AvgIpc) is 2.93. The molecule has 0 saturated heterocycles. The number of benzene rings is 2. The Hall–Kier alpha value is -1.38. The van der Waals surface area contributed by atoms with Crippen molar-refractivity contribution in [3.8, 4) is 11.5 Å². The van der Waals surface area contributed by atoms with Gasteiger partial charge in [0, 0.05) is 6.42 Å². The molecule has 1 aliphatic rings. The van der Waals surface area contributed by atoms with Crippen LogP contribution in [0.25, 0.3) is 0 Å². The van der Waals surface area contributed by atoms with E-state index in [2.05, 4.69) is 6.07 Å². The van der Waals surface area contributed by atoms with Crippen molar-refractivity contribution in [3.05, 3.63) is 58.1 Å². The molecule has 0 bridgehead atoms. The molecule has 0 aromatic heterocycles. The lowest BCUT2D eigenvalue weighted by Gasteiger charge is -2.13. The van der Waals surface area contributed by atoms with Crippen molar-refractivity contribution < 1.29 is 9.47 Å². The van der Waals surface area contributed by atoms with E-state index in [0.717, 1.165) is 29.9 Å². The standard InChI is InChI=1S/C16H14Cl2O2/c1-19-15-5-3-12(9-13(15)17)16(18)11-2-4-14-10(8-11)6-7-20-14/h2-5,8-9,16H,6-7H2,1H3. The van der Waals surface area contributed by atoms with Gasteiger partial charge in [0.25, 0.3) is 0 Å². The Labute approximate surface area is 128 Å². The van der Waals surface area contributed by atoms with E-state index in [1.54, 1.807) is 7.11 Å². The summed E-state index contributed by atoms with van der Waals surface area (Å²) in [6.07, 6.45) is 0.941. The molecule has 0 radical (unpaired) electrons. The van der Waals surface area contributed by atoms with Gasteiger partial charge in [-0.3, -0.25) is 0 Å². The van der Waals surface area contributed by atoms with Crippen molar-refractivity contribution in [2.45, 2.75) is 11.8 Å². The third-order valence-corrected chi connectivity index (χ3v) is 4.27. The smallest absolute Gasteiger partial charge is 0.137 e. The lowest BCUT2D eigenvalue weighted by atomic mass is 10.0. The van der Waals surface area contributed by atoms with Gasteiger partial charge in [0.05, 0.1) is 24.1 Å². The van der Waals surface area contributed by atoms with Crippen molar-refractivity contribution in [1.29, 1.82) is 0 Å². The number of fused-ring (bicyclic) bond motifs is 1. The normalized spacial score (nSPS) is 14.6. The van der Waals surface area contributed by atoms with Crippen LogP contribution < -0.4 is 9.47 Å². The summed E-state index contributed by atoms with van der Waals surface area (Å²) in [7, 11) is 1.60. The zero-order chi connectivity index (χ0) is 14.1. The summed E-state index contributed by atoms with van der Waals surface area (Å²) in [6.45, 7) is 0.750. The summed E-state index contributed by atoms with van der Waals surface area (Å²) >= 11 is 12.7. The van der Waals surface area contributed by atoms with E-state index < -0.39 is 0 Å². The molecule has 0 fully saturated rings. The fourth-order valence-corrected chi connectivity index (χ4v) is 2.93. The predicted molar refractivity (Wildman–Crippen MR) is 81.3 cm³/mol. The molecule has 1 heterocycles. The number of rotatable bonds is 3. The first-order valence-electron chi connectivity index (χ1n) is 6.42. The summed E-state index contributed by atoms with van der Waals surface area (Å²) in [6, 6.07) is 11.7. The van der Waals surface area contributed by atoms with E-state index in [0.29, 0.717) is 10.8 Å². The molecule has 1 unspecified atom stereocenters. The van der Waals surface area contributed by atoms with Crippen LogP contribution >= 0.6 is 23.2 Å². The minimum Gasteiger partial charge on any atom is -0.495 e. The Morgan fingerprint density at radius 3 is 2.65 bits per heavy atom. The van der Waals surface area contributed by atoms with Gasteiger partial charge in [0.1, 0.15) is 11.5 Å². The molecule has 3 rings (SSSR count). The summed E-state index contributed by atoms with van der Waals surface area (Å²) in [5.74, 6) is 1.62. The SMILES string of the molecule is COc1ccc(C(Cl)c2ccc3c(c2)CCO3)cc1Cl. The van der Waals surface area contributed by atoms with Gasteiger partial charge in [-0.25, -0.2) is 0 Å². The van der Waals surface area contributed by atoms with E-state index in [9.17, 15) is 0 Å². The highest BCUT2D eigenvalue weighted by Gasteiger charge is 2.17. The first kappa shape index (κ1) is 13.6. The Balaban J connectivity index is 1.92. The van der Waals surface area contributed by atoms with Gasteiger partial charge in [0.2, 0.25) is 0 Å². The van der Waals surface area contributed by atoms with Crippen LogP contribution in [0.3, 0.4) is 0 Å². The highest BCUT2D eigenvalue weighted by atomic mass is 35.5.